The second-order valence-electron chi connectivity index (χ2n) is 5.13. The minimum atomic E-state index is -2.91. The Bertz CT molecular complexity index is 709. The van der Waals surface area contributed by atoms with Crippen LogP contribution < -0.4 is 21.1 Å². The molecule has 0 heterocycles. The highest BCUT2D eigenvalue weighted by Gasteiger charge is 2.17. The highest BCUT2D eigenvalue weighted by atomic mass is 19.3. The van der Waals surface area contributed by atoms with Gasteiger partial charge in [-0.25, -0.2) is 4.79 Å². The van der Waals surface area contributed by atoms with Crippen LogP contribution in [0.3, 0.4) is 0 Å². The number of primary amides is 1. The second-order valence-corrected chi connectivity index (χ2v) is 5.13. The van der Waals surface area contributed by atoms with Crippen LogP contribution in [0, 0.1) is 0 Å². The van der Waals surface area contributed by atoms with E-state index in [4.69, 9.17) is 5.73 Å². The second kappa shape index (κ2) is 8.62. The van der Waals surface area contributed by atoms with E-state index in [-0.39, 0.29) is 18.1 Å². The number of hydrogen-bond acceptors (Lipinski definition) is 3. The molecule has 0 aliphatic rings. The van der Waals surface area contributed by atoms with Crippen LogP contribution >= 0.6 is 0 Å². The number of halogens is 2. The summed E-state index contributed by atoms with van der Waals surface area (Å²) in [6.07, 6.45) is -0.0394. The van der Waals surface area contributed by atoms with Crippen LogP contribution in [-0.2, 0) is 4.79 Å². The van der Waals surface area contributed by atoms with Crippen molar-refractivity contribution in [3.8, 4) is 5.75 Å². The Hall–Kier alpha value is -3.16. The first-order valence-corrected chi connectivity index (χ1v) is 7.39. The maximum absolute atomic E-state index is 12.2. The zero-order chi connectivity index (χ0) is 18.2. The Morgan fingerprint density at radius 3 is 2.24 bits per heavy atom. The fourth-order valence-corrected chi connectivity index (χ4v) is 2.23. The van der Waals surface area contributed by atoms with Crippen molar-refractivity contribution in [2.75, 3.05) is 5.32 Å². The lowest BCUT2D eigenvalue weighted by Crippen LogP contribution is -2.35. The molecule has 132 valence electrons. The normalized spacial score (nSPS) is 11.6. The van der Waals surface area contributed by atoms with Crippen molar-refractivity contribution >= 4 is 17.6 Å². The summed E-state index contributed by atoms with van der Waals surface area (Å²) in [6.45, 7) is -2.91. The number of nitrogens with two attached hydrogens (primary N) is 1. The standard InChI is InChI=1S/C17H17F2N3O3/c18-16(19)25-13-8-6-12(7-9-13)21-15(23)10-14(22-17(20)24)11-4-2-1-3-5-11/h1-9,14,16H,10H2,(H,21,23)(H3,20,22,24). The van der Waals surface area contributed by atoms with E-state index in [1.165, 1.54) is 24.3 Å². The number of carbonyl (C=O) groups is 2. The molecule has 0 saturated heterocycles. The van der Waals surface area contributed by atoms with Crippen LogP contribution in [0.2, 0.25) is 0 Å². The lowest BCUT2D eigenvalue weighted by molar-refractivity contribution is -0.116. The third-order valence-electron chi connectivity index (χ3n) is 3.27. The number of ether oxygens (including phenoxy) is 1. The van der Waals surface area contributed by atoms with Gasteiger partial charge >= 0.3 is 12.6 Å². The molecule has 0 aliphatic carbocycles. The monoisotopic (exact) mass is 349 g/mol. The average Bonchev–Trinajstić information content (AvgIpc) is 2.56. The zero-order valence-electron chi connectivity index (χ0n) is 13.1. The summed E-state index contributed by atoms with van der Waals surface area (Å²) in [5.74, 6) is -0.379. The van der Waals surface area contributed by atoms with E-state index in [1.54, 1.807) is 24.3 Å². The Morgan fingerprint density at radius 1 is 1.04 bits per heavy atom. The van der Waals surface area contributed by atoms with Crippen LogP contribution in [0.5, 0.6) is 5.75 Å². The van der Waals surface area contributed by atoms with Crippen molar-refractivity contribution in [3.05, 3.63) is 60.2 Å². The molecule has 0 radical (unpaired) electrons. The Balaban J connectivity index is 2.00. The number of amides is 3. The number of hydrogen-bond donors (Lipinski definition) is 3. The van der Waals surface area contributed by atoms with Gasteiger partial charge in [0.2, 0.25) is 5.91 Å². The molecule has 0 aromatic heterocycles. The molecule has 4 N–H and O–H groups in total. The van der Waals surface area contributed by atoms with Gasteiger partial charge in [-0.05, 0) is 29.8 Å². The number of urea groups is 1. The summed E-state index contributed by atoms with van der Waals surface area (Å²) < 4.78 is 28.4. The van der Waals surface area contributed by atoms with Gasteiger partial charge in [-0.15, -0.1) is 0 Å². The lowest BCUT2D eigenvalue weighted by Gasteiger charge is -2.17. The predicted octanol–water partition coefficient (Wildman–Crippen LogP) is 3.03. The zero-order valence-corrected chi connectivity index (χ0v) is 13.1. The quantitative estimate of drug-likeness (QED) is 0.717. The topological polar surface area (TPSA) is 93.5 Å². The summed E-state index contributed by atoms with van der Waals surface area (Å²) in [7, 11) is 0. The van der Waals surface area contributed by atoms with E-state index >= 15 is 0 Å². The van der Waals surface area contributed by atoms with Gasteiger partial charge in [-0.2, -0.15) is 8.78 Å². The number of alkyl halides is 2. The van der Waals surface area contributed by atoms with Gasteiger partial charge in [-0.3, -0.25) is 4.79 Å². The Morgan fingerprint density at radius 2 is 1.68 bits per heavy atom. The van der Waals surface area contributed by atoms with Crippen LogP contribution in [0.15, 0.2) is 54.6 Å². The molecule has 0 bridgehead atoms. The van der Waals surface area contributed by atoms with Crippen molar-refractivity contribution in [1.29, 1.82) is 0 Å². The SMILES string of the molecule is NC(=O)NC(CC(=O)Nc1ccc(OC(F)F)cc1)c1ccccc1. The van der Waals surface area contributed by atoms with E-state index in [0.29, 0.717) is 5.69 Å². The first kappa shape index (κ1) is 18.2. The molecule has 1 unspecified atom stereocenters. The molecular formula is C17H17F2N3O3. The smallest absolute Gasteiger partial charge is 0.387 e. The molecule has 0 saturated carbocycles. The summed E-state index contributed by atoms with van der Waals surface area (Å²) in [5.41, 5.74) is 6.31. The molecule has 6 nitrogen and oxygen atoms in total. The average molecular weight is 349 g/mol. The van der Waals surface area contributed by atoms with Crippen molar-refractivity contribution in [2.45, 2.75) is 19.1 Å². The molecule has 2 rings (SSSR count). The van der Waals surface area contributed by atoms with E-state index in [9.17, 15) is 18.4 Å². The molecule has 2 aromatic rings. The van der Waals surface area contributed by atoms with Crippen molar-refractivity contribution in [2.24, 2.45) is 5.73 Å². The molecule has 3 amide bonds. The van der Waals surface area contributed by atoms with Gasteiger partial charge in [-0.1, -0.05) is 30.3 Å². The molecule has 2 aromatic carbocycles. The van der Waals surface area contributed by atoms with Crippen molar-refractivity contribution in [3.63, 3.8) is 0 Å². The van der Waals surface area contributed by atoms with Crippen LogP contribution in [-0.4, -0.2) is 18.5 Å². The number of rotatable bonds is 7. The first-order chi connectivity index (χ1) is 11.9. The third-order valence-corrected chi connectivity index (χ3v) is 3.27. The summed E-state index contributed by atoms with van der Waals surface area (Å²) in [5, 5.41) is 5.14. The van der Waals surface area contributed by atoms with Gasteiger partial charge in [0.25, 0.3) is 0 Å². The summed E-state index contributed by atoms with van der Waals surface area (Å²) in [4.78, 5) is 23.3. The van der Waals surface area contributed by atoms with Gasteiger partial charge in [0.15, 0.2) is 0 Å². The first-order valence-electron chi connectivity index (χ1n) is 7.39. The molecule has 0 aliphatic heterocycles. The Labute approximate surface area is 143 Å². The third kappa shape index (κ3) is 6.09. The van der Waals surface area contributed by atoms with Gasteiger partial charge in [0.1, 0.15) is 5.75 Å². The van der Waals surface area contributed by atoms with E-state index in [2.05, 4.69) is 15.4 Å². The maximum atomic E-state index is 12.2. The van der Waals surface area contributed by atoms with E-state index in [0.717, 1.165) is 5.56 Å². The van der Waals surface area contributed by atoms with Gasteiger partial charge in [0, 0.05) is 5.69 Å². The fourth-order valence-electron chi connectivity index (χ4n) is 2.23. The van der Waals surface area contributed by atoms with Crippen LogP contribution in [0.1, 0.15) is 18.0 Å². The number of anilines is 1. The molecule has 0 fully saturated rings. The number of carbonyl (C=O) groups excluding carboxylic acids is 2. The van der Waals surface area contributed by atoms with Crippen molar-refractivity contribution in [1.82, 2.24) is 5.32 Å². The van der Waals surface area contributed by atoms with Crippen molar-refractivity contribution < 1.29 is 23.1 Å². The van der Waals surface area contributed by atoms with Gasteiger partial charge in [0.05, 0.1) is 12.5 Å². The lowest BCUT2D eigenvalue weighted by atomic mass is 10.0. The summed E-state index contributed by atoms with van der Waals surface area (Å²) in [6, 6.07) is 13.1. The van der Waals surface area contributed by atoms with E-state index in [1.807, 2.05) is 6.07 Å². The molecule has 0 spiro atoms. The molecule has 25 heavy (non-hydrogen) atoms. The number of benzene rings is 2. The summed E-state index contributed by atoms with van der Waals surface area (Å²) >= 11 is 0. The van der Waals surface area contributed by atoms with Crippen LogP contribution in [0.4, 0.5) is 19.3 Å². The Kier molecular flexibility index (Phi) is 6.27. The predicted molar refractivity (Wildman–Crippen MR) is 88.2 cm³/mol. The minimum absolute atomic E-state index is 0.00874. The fraction of sp³-hybridized carbons (Fsp3) is 0.176. The molecular weight excluding hydrogens is 332 g/mol. The minimum Gasteiger partial charge on any atom is -0.435 e. The van der Waals surface area contributed by atoms with Crippen LogP contribution in [0.25, 0.3) is 0 Å². The molecule has 1 atom stereocenters. The highest BCUT2D eigenvalue weighted by molar-refractivity contribution is 5.91. The maximum Gasteiger partial charge on any atom is 0.387 e. The largest absolute Gasteiger partial charge is 0.435 e. The van der Waals surface area contributed by atoms with E-state index < -0.39 is 18.7 Å². The number of nitrogens with one attached hydrogen (secondary N) is 2. The van der Waals surface area contributed by atoms with Gasteiger partial charge < -0.3 is 21.1 Å². The highest BCUT2D eigenvalue weighted by Crippen LogP contribution is 2.20. The molecule has 8 heteroatoms.